The second-order valence-electron chi connectivity index (χ2n) is 2.09. The number of alkyl halides is 1. The average Bonchev–Trinajstić information content (AvgIpc) is 1.95. The fourth-order valence-electron chi connectivity index (χ4n) is 0.742. The molecule has 0 unspecified atom stereocenters. The van der Waals surface area contributed by atoms with Crippen LogP contribution in [0.5, 0.6) is 0 Å². The van der Waals surface area contributed by atoms with E-state index in [1.807, 2.05) is 13.0 Å². The van der Waals surface area contributed by atoms with Gasteiger partial charge in [0.15, 0.2) is 0 Å². The normalized spacial score (nSPS) is 9.80. The molecule has 0 bridgehead atoms. The molecule has 2 nitrogen and oxygen atoms in total. The lowest BCUT2D eigenvalue weighted by atomic mass is 10.2. The van der Waals surface area contributed by atoms with Crippen LogP contribution >= 0.6 is 15.9 Å². The zero-order chi connectivity index (χ0) is 7.56. The molecule has 3 heteroatoms. The third-order valence-corrected chi connectivity index (χ3v) is 2.07. The molecule has 0 aromatic carbocycles. The number of hydrogen-bond acceptors (Lipinski definition) is 1. The summed E-state index contributed by atoms with van der Waals surface area (Å²) in [5, 5.41) is 0.739. The first kappa shape index (κ1) is 7.54. The molecule has 0 atom stereocenters. The summed E-state index contributed by atoms with van der Waals surface area (Å²) in [5.74, 6) is 0. The highest BCUT2D eigenvalue weighted by molar-refractivity contribution is 9.08. The van der Waals surface area contributed by atoms with Gasteiger partial charge < -0.3 is 4.98 Å². The van der Waals surface area contributed by atoms with Crippen LogP contribution in [0.4, 0.5) is 0 Å². The minimum absolute atomic E-state index is 0.00282. The maximum absolute atomic E-state index is 10.9. The van der Waals surface area contributed by atoms with Crippen LogP contribution in [0.2, 0.25) is 0 Å². The van der Waals surface area contributed by atoms with Crippen molar-refractivity contribution in [2.24, 2.45) is 0 Å². The first-order valence-electron chi connectivity index (χ1n) is 2.99. The second kappa shape index (κ2) is 3.01. The zero-order valence-corrected chi connectivity index (χ0v) is 7.23. The van der Waals surface area contributed by atoms with E-state index in [0.29, 0.717) is 0 Å². The van der Waals surface area contributed by atoms with E-state index in [4.69, 9.17) is 0 Å². The number of aromatic amines is 1. The summed E-state index contributed by atoms with van der Waals surface area (Å²) in [4.78, 5) is 13.5. The number of H-pyrrole nitrogens is 1. The van der Waals surface area contributed by atoms with Gasteiger partial charge in [-0.15, -0.1) is 0 Å². The van der Waals surface area contributed by atoms with Crippen LogP contribution in [0.15, 0.2) is 17.1 Å². The van der Waals surface area contributed by atoms with E-state index in [1.54, 1.807) is 6.20 Å². The monoisotopic (exact) mass is 201 g/mol. The van der Waals surface area contributed by atoms with E-state index in [1.165, 1.54) is 0 Å². The van der Waals surface area contributed by atoms with Crippen molar-refractivity contribution >= 4 is 15.9 Å². The molecule has 0 aliphatic rings. The summed E-state index contributed by atoms with van der Waals surface area (Å²) in [6.45, 7) is 1.81. The minimum Gasteiger partial charge on any atom is -0.329 e. The lowest BCUT2D eigenvalue weighted by Crippen LogP contribution is -2.10. The van der Waals surface area contributed by atoms with Crippen LogP contribution in [-0.2, 0) is 5.33 Å². The third-order valence-electron chi connectivity index (χ3n) is 1.47. The van der Waals surface area contributed by atoms with Crippen molar-refractivity contribution in [2.45, 2.75) is 12.3 Å². The maximum atomic E-state index is 10.9. The average molecular weight is 202 g/mol. The number of aromatic nitrogens is 1. The lowest BCUT2D eigenvalue weighted by molar-refractivity contribution is 1.14. The smallest absolute Gasteiger partial charge is 0.251 e. The van der Waals surface area contributed by atoms with Crippen LogP contribution in [0.3, 0.4) is 0 Å². The number of hydrogen-bond donors (Lipinski definition) is 1. The van der Waals surface area contributed by atoms with Gasteiger partial charge in [0.2, 0.25) is 0 Å². The summed E-state index contributed by atoms with van der Waals surface area (Å²) >= 11 is 3.29. The Morgan fingerprint density at radius 2 is 2.40 bits per heavy atom. The molecule has 0 aliphatic heterocycles. The molecule has 0 saturated heterocycles. The van der Waals surface area contributed by atoms with Crippen molar-refractivity contribution in [1.82, 2.24) is 4.98 Å². The quantitative estimate of drug-likeness (QED) is 0.689. The van der Waals surface area contributed by atoms with E-state index in [2.05, 4.69) is 20.9 Å². The Balaban J connectivity index is 3.28. The first-order chi connectivity index (χ1) is 4.75. The predicted molar refractivity (Wildman–Crippen MR) is 44.4 cm³/mol. The van der Waals surface area contributed by atoms with Gasteiger partial charge in [0.1, 0.15) is 0 Å². The van der Waals surface area contributed by atoms with Gasteiger partial charge in [-0.1, -0.05) is 15.9 Å². The molecule has 54 valence electrons. The highest BCUT2D eigenvalue weighted by Crippen LogP contribution is 2.05. The Morgan fingerprint density at radius 3 is 2.90 bits per heavy atom. The highest BCUT2D eigenvalue weighted by atomic mass is 79.9. The van der Waals surface area contributed by atoms with Crippen LogP contribution in [0.1, 0.15) is 11.1 Å². The largest absolute Gasteiger partial charge is 0.329 e. The molecule has 0 radical (unpaired) electrons. The predicted octanol–water partition coefficient (Wildman–Crippen LogP) is 1.58. The van der Waals surface area contributed by atoms with Crippen molar-refractivity contribution in [3.8, 4) is 0 Å². The molecule has 0 fully saturated rings. The van der Waals surface area contributed by atoms with Crippen molar-refractivity contribution < 1.29 is 0 Å². The van der Waals surface area contributed by atoms with Crippen molar-refractivity contribution in [3.63, 3.8) is 0 Å². The van der Waals surface area contributed by atoms with Gasteiger partial charge in [-0.25, -0.2) is 0 Å². The van der Waals surface area contributed by atoms with E-state index in [0.717, 1.165) is 16.5 Å². The molecular formula is C7H8BrNO. The first-order valence-corrected chi connectivity index (χ1v) is 4.11. The Labute approximate surface area is 67.4 Å². The van der Waals surface area contributed by atoms with Gasteiger partial charge in [-0.05, 0) is 18.6 Å². The van der Waals surface area contributed by atoms with Crippen LogP contribution in [0, 0.1) is 6.92 Å². The van der Waals surface area contributed by atoms with Crippen molar-refractivity contribution in [1.29, 1.82) is 0 Å². The summed E-state index contributed by atoms with van der Waals surface area (Å²) in [6, 6.07) is 1.89. The van der Waals surface area contributed by atoms with E-state index in [9.17, 15) is 4.79 Å². The van der Waals surface area contributed by atoms with E-state index >= 15 is 0 Å². The Kier molecular flexibility index (Phi) is 2.27. The van der Waals surface area contributed by atoms with Crippen LogP contribution in [0.25, 0.3) is 0 Å². The molecule has 0 amide bonds. The molecule has 1 heterocycles. The second-order valence-corrected chi connectivity index (χ2v) is 2.65. The molecule has 1 rings (SSSR count). The maximum Gasteiger partial charge on any atom is 0.251 e. The van der Waals surface area contributed by atoms with Gasteiger partial charge in [-0.2, -0.15) is 0 Å². The summed E-state index contributed by atoms with van der Waals surface area (Å²) < 4.78 is 0. The van der Waals surface area contributed by atoms with E-state index < -0.39 is 0 Å². The Bertz CT molecular complexity index is 279. The van der Waals surface area contributed by atoms with Crippen molar-refractivity contribution in [3.05, 3.63) is 33.7 Å². The fraction of sp³-hybridized carbons (Fsp3) is 0.286. The third kappa shape index (κ3) is 1.29. The molecule has 0 spiro atoms. The van der Waals surface area contributed by atoms with Crippen LogP contribution in [-0.4, -0.2) is 4.98 Å². The molecule has 0 aliphatic carbocycles. The summed E-state index contributed by atoms with van der Waals surface area (Å²) in [7, 11) is 0. The fourth-order valence-corrected chi connectivity index (χ4v) is 1.35. The Hall–Kier alpha value is -0.570. The van der Waals surface area contributed by atoms with Gasteiger partial charge in [0, 0.05) is 17.1 Å². The summed E-state index contributed by atoms with van der Waals surface area (Å²) in [5.41, 5.74) is 1.83. The highest BCUT2D eigenvalue weighted by Gasteiger charge is 1.97. The minimum atomic E-state index is -0.00282. The topological polar surface area (TPSA) is 32.9 Å². The Morgan fingerprint density at radius 1 is 1.70 bits per heavy atom. The van der Waals surface area contributed by atoms with Crippen molar-refractivity contribution in [2.75, 3.05) is 0 Å². The molecule has 10 heavy (non-hydrogen) atoms. The van der Waals surface area contributed by atoms with Gasteiger partial charge >= 0.3 is 0 Å². The number of nitrogens with one attached hydrogen (secondary N) is 1. The van der Waals surface area contributed by atoms with E-state index in [-0.39, 0.29) is 5.56 Å². The molecule has 1 aromatic rings. The van der Waals surface area contributed by atoms with Gasteiger partial charge in [0.05, 0.1) is 0 Å². The molecule has 1 N–H and O–H groups in total. The SMILES string of the molecule is Cc1c(CBr)cc[nH]c1=O. The zero-order valence-electron chi connectivity index (χ0n) is 5.65. The van der Waals surface area contributed by atoms with Crippen LogP contribution < -0.4 is 5.56 Å². The molecule has 1 aromatic heterocycles. The molecular weight excluding hydrogens is 194 g/mol. The standard InChI is InChI=1S/C7H8BrNO/c1-5-6(4-8)2-3-9-7(5)10/h2-3H,4H2,1H3,(H,9,10). The molecule has 0 saturated carbocycles. The number of pyridine rings is 1. The lowest BCUT2D eigenvalue weighted by Gasteiger charge is -1.96. The van der Waals surface area contributed by atoms with Gasteiger partial charge in [-0.3, -0.25) is 4.79 Å². The van der Waals surface area contributed by atoms with Gasteiger partial charge in [0.25, 0.3) is 5.56 Å². The summed E-state index contributed by atoms with van der Waals surface area (Å²) in [6.07, 6.45) is 1.66. The number of halogens is 1. The number of rotatable bonds is 1.